The van der Waals surface area contributed by atoms with Gasteiger partial charge >= 0.3 is 5.97 Å². The fourth-order valence-corrected chi connectivity index (χ4v) is 3.36. The summed E-state index contributed by atoms with van der Waals surface area (Å²) in [6, 6.07) is 4.41. The van der Waals surface area contributed by atoms with Gasteiger partial charge in [-0.3, -0.25) is 9.69 Å². The van der Waals surface area contributed by atoms with Crippen molar-refractivity contribution in [2.45, 2.75) is 18.9 Å². The molecular weight excluding hydrogens is 315 g/mol. The summed E-state index contributed by atoms with van der Waals surface area (Å²) in [7, 11) is 1.55. The van der Waals surface area contributed by atoms with E-state index in [1.807, 2.05) is 0 Å². The van der Waals surface area contributed by atoms with Gasteiger partial charge in [-0.1, -0.05) is 0 Å². The number of H-pyrrole nitrogens is 1. The molecule has 1 saturated heterocycles. The summed E-state index contributed by atoms with van der Waals surface area (Å²) in [5.74, 6) is -0.610. The van der Waals surface area contributed by atoms with E-state index in [0.29, 0.717) is 25.4 Å². The molecule has 2 heterocycles. The van der Waals surface area contributed by atoms with Gasteiger partial charge in [0.15, 0.2) is 0 Å². The summed E-state index contributed by atoms with van der Waals surface area (Å²) < 4.78 is 18.8. The number of carboxylic acids is 1. The lowest BCUT2D eigenvalue weighted by Gasteiger charge is -2.17. The van der Waals surface area contributed by atoms with E-state index in [2.05, 4.69) is 20.3 Å². The van der Waals surface area contributed by atoms with Crippen molar-refractivity contribution in [1.82, 2.24) is 20.3 Å². The van der Waals surface area contributed by atoms with Crippen molar-refractivity contribution in [2.24, 2.45) is 5.92 Å². The Morgan fingerprint density at radius 2 is 2.33 bits per heavy atom. The minimum Gasteiger partial charge on any atom is -0.496 e. The fourth-order valence-electron chi connectivity index (χ4n) is 3.36. The number of hydrogen-bond acceptors (Lipinski definition) is 5. The minimum absolute atomic E-state index is 0.0144. The van der Waals surface area contributed by atoms with Crippen LogP contribution in [0.5, 0.6) is 5.75 Å². The number of aliphatic carboxylic acids is 1. The second-order valence-corrected chi connectivity index (χ2v) is 6.01. The minimum atomic E-state index is -0.835. The van der Waals surface area contributed by atoms with Crippen LogP contribution in [0, 0.1) is 11.7 Å². The Kier molecular flexibility index (Phi) is 4.75. The summed E-state index contributed by atoms with van der Waals surface area (Å²) >= 11 is 0. The molecule has 0 radical (unpaired) electrons. The summed E-state index contributed by atoms with van der Waals surface area (Å²) in [6.45, 7) is 1.74. The summed E-state index contributed by atoms with van der Waals surface area (Å²) in [5.41, 5.74) is 1.50. The lowest BCUT2D eigenvalue weighted by molar-refractivity contribution is -0.138. The van der Waals surface area contributed by atoms with E-state index < -0.39 is 5.97 Å². The Morgan fingerprint density at radius 1 is 1.50 bits per heavy atom. The number of nitrogens with zero attached hydrogens (tertiary/aromatic N) is 3. The van der Waals surface area contributed by atoms with Crippen molar-refractivity contribution < 1.29 is 19.0 Å². The molecule has 8 heteroatoms. The molecule has 1 aliphatic heterocycles. The van der Waals surface area contributed by atoms with Gasteiger partial charge in [0.25, 0.3) is 0 Å². The highest BCUT2D eigenvalue weighted by Crippen LogP contribution is 2.35. The number of methoxy groups -OCH3 is 1. The zero-order valence-electron chi connectivity index (χ0n) is 13.3. The molecule has 128 valence electrons. The molecule has 0 aliphatic carbocycles. The molecule has 1 aromatic heterocycles. The maximum atomic E-state index is 13.5. The normalized spacial score (nSPS) is 21.1. The molecule has 7 nitrogen and oxygen atoms in total. The van der Waals surface area contributed by atoms with Gasteiger partial charge in [-0.05, 0) is 24.1 Å². The van der Waals surface area contributed by atoms with Gasteiger partial charge in [0.05, 0.1) is 25.4 Å². The molecule has 3 rings (SSSR count). The average Bonchev–Trinajstić information content (AvgIpc) is 3.16. The number of aromatic nitrogens is 3. The van der Waals surface area contributed by atoms with Crippen LogP contribution >= 0.6 is 0 Å². The van der Waals surface area contributed by atoms with Crippen molar-refractivity contribution in [3.63, 3.8) is 0 Å². The number of carboxylic acid groups (broad SMARTS) is 1. The SMILES string of the molecule is COc1ccc(F)cc1CN1C[C@H](CC(=O)O)[C@H](c2cn[nH]n2)C1. The molecule has 0 spiro atoms. The van der Waals surface area contributed by atoms with Crippen LogP contribution in [0.4, 0.5) is 4.39 Å². The zero-order chi connectivity index (χ0) is 17.1. The van der Waals surface area contributed by atoms with Crippen LogP contribution in [0.3, 0.4) is 0 Å². The number of ether oxygens (including phenoxy) is 1. The molecule has 0 saturated carbocycles. The predicted molar refractivity (Wildman–Crippen MR) is 83.1 cm³/mol. The average molecular weight is 334 g/mol. The molecule has 1 aliphatic rings. The molecule has 2 atom stereocenters. The highest BCUT2D eigenvalue weighted by atomic mass is 19.1. The standard InChI is InChI=1S/C16H19FN4O3/c1-24-15-3-2-12(17)4-11(15)8-21-7-10(5-16(22)23)13(9-21)14-6-18-20-19-14/h2-4,6,10,13H,5,7-9H2,1H3,(H,22,23)(H,18,19,20)/t10-,13+/m0/s1. The van der Waals surface area contributed by atoms with E-state index in [0.717, 1.165) is 11.3 Å². The summed E-state index contributed by atoms with van der Waals surface area (Å²) in [6.07, 6.45) is 1.69. The van der Waals surface area contributed by atoms with Gasteiger partial charge in [0, 0.05) is 31.1 Å². The third kappa shape index (κ3) is 3.53. The molecule has 2 aromatic rings. The maximum Gasteiger partial charge on any atom is 0.303 e. The molecular formula is C16H19FN4O3. The lowest BCUT2D eigenvalue weighted by Crippen LogP contribution is -2.21. The second kappa shape index (κ2) is 6.96. The number of halogens is 1. The Labute approximate surface area is 138 Å². The van der Waals surface area contributed by atoms with Crippen LogP contribution in [0.15, 0.2) is 24.4 Å². The highest BCUT2D eigenvalue weighted by molar-refractivity contribution is 5.67. The molecule has 0 bridgehead atoms. The van der Waals surface area contributed by atoms with Crippen molar-refractivity contribution >= 4 is 5.97 Å². The first-order valence-corrected chi connectivity index (χ1v) is 7.69. The van der Waals surface area contributed by atoms with E-state index in [1.165, 1.54) is 12.1 Å². The van der Waals surface area contributed by atoms with Crippen LogP contribution in [0.1, 0.15) is 23.6 Å². The third-order valence-corrected chi connectivity index (χ3v) is 4.40. The first-order chi connectivity index (χ1) is 11.6. The summed E-state index contributed by atoms with van der Waals surface area (Å²) in [4.78, 5) is 13.2. The van der Waals surface area contributed by atoms with Crippen LogP contribution < -0.4 is 4.74 Å². The van der Waals surface area contributed by atoms with Crippen molar-refractivity contribution in [3.05, 3.63) is 41.5 Å². The Bertz CT molecular complexity index is 707. The predicted octanol–water partition coefficient (Wildman–Crippen LogP) is 1.64. The van der Waals surface area contributed by atoms with Crippen LogP contribution in [0.25, 0.3) is 0 Å². The van der Waals surface area contributed by atoms with Crippen molar-refractivity contribution in [3.8, 4) is 5.75 Å². The van der Waals surface area contributed by atoms with E-state index in [1.54, 1.807) is 19.4 Å². The maximum absolute atomic E-state index is 13.5. The van der Waals surface area contributed by atoms with Gasteiger partial charge in [-0.25, -0.2) is 4.39 Å². The molecule has 0 amide bonds. The van der Waals surface area contributed by atoms with Gasteiger partial charge in [0.1, 0.15) is 11.6 Å². The van der Waals surface area contributed by atoms with Gasteiger partial charge in [0.2, 0.25) is 0 Å². The van der Waals surface area contributed by atoms with Gasteiger partial charge < -0.3 is 9.84 Å². The Balaban J connectivity index is 1.78. The second-order valence-electron chi connectivity index (χ2n) is 6.01. The number of nitrogens with one attached hydrogen (secondary N) is 1. The number of hydrogen-bond donors (Lipinski definition) is 2. The van der Waals surface area contributed by atoms with E-state index >= 15 is 0 Å². The van der Waals surface area contributed by atoms with Crippen LogP contribution in [0.2, 0.25) is 0 Å². The van der Waals surface area contributed by atoms with Gasteiger partial charge in [-0.2, -0.15) is 15.4 Å². The van der Waals surface area contributed by atoms with E-state index in [4.69, 9.17) is 9.84 Å². The first-order valence-electron chi connectivity index (χ1n) is 7.69. The van der Waals surface area contributed by atoms with Gasteiger partial charge in [-0.15, -0.1) is 0 Å². The Morgan fingerprint density at radius 3 is 3.00 bits per heavy atom. The topological polar surface area (TPSA) is 91.3 Å². The summed E-state index contributed by atoms with van der Waals surface area (Å²) in [5, 5.41) is 19.6. The molecule has 2 N–H and O–H groups in total. The molecule has 1 fully saturated rings. The Hall–Kier alpha value is -2.48. The number of rotatable bonds is 6. The lowest BCUT2D eigenvalue weighted by atomic mass is 9.91. The molecule has 1 aromatic carbocycles. The zero-order valence-corrected chi connectivity index (χ0v) is 13.3. The smallest absolute Gasteiger partial charge is 0.303 e. The fraction of sp³-hybridized carbons (Fsp3) is 0.438. The number of benzene rings is 1. The molecule has 0 unspecified atom stereocenters. The van der Waals surface area contributed by atoms with Crippen LogP contribution in [-0.4, -0.2) is 51.6 Å². The quantitative estimate of drug-likeness (QED) is 0.834. The number of aromatic amines is 1. The number of likely N-dealkylation sites (tertiary alicyclic amines) is 1. The molecule has 24 heavy (non-hydrogen) atoms. The van der Waals surface area contributed by atoms with E-state index in [9.17, 15) is 9.18 Å². The largest absolute Gasteiger partial charge is 0.496 e. The third-order valence-electron chi connectivity index (χ3n) is 4.40. The monoisotopic (exact) mass is 334 g/mol. The van der Waals surface area contributed by atoms with Crippen molar-refractivity contribution in [2.75, 3.05) is 20.2 Å². The number of carbonyl (C=O) groups is 1. The van der Waals surface area contributed by atoms with Crippen LogP contribution in [-0.2, 0) is 11.3 Å². The first kappa shape index (κ1) is 16.4. The van der Waals surface area contributed by atoms with E-state index in [-0.39, 0.29) is 24.1 Å². The highest BCUT2D eigenvalue weighted by Gasteiger charge is 2.36. The van der Waals surface area contributed by atoms with Crippen molar-refractivity contribution in [1.29, 1.82) is 0 Å².